The SMILES string of the molecule is Cc1ccc(CN2CCOC2c2ccn(-c3ccc(F)cc3)c2)cc1. The Kier molecular flexibility index (Phi) is 4.38. The molecule has 1 fully saturated rings. The Morgan fingerprint density at radius 1 is 1.04 bits per heavy atom. The summed E-state index contributed by atoms with van der Waals surface area (Å²) in [6, 6.07) is 17.2. The molecule has 2 heterocycles. The third-order valence-electron chi connectivity index (χ3n) is 4.62. The van der Waals surface area contributed by atoms with E-state index in [1.165, 1.54) is 23.3 Å². The highest BCUT2D eigenvalue weighted by atomic mass is 19.1. The lowest BCUT2D eigenvalue weighted by molar-refractivity contribution is 0.0288. The van der Waals surface area contributed by atoms with Crippen molar-refractivity contribution in [3.05, 3.63) is 89.5 Å². The summed E-state index contributed by atoms with van der Waals surface area (Å²) >= 11 is 0. The van der Waals surface area contributed by atoms with Crippen molar-refractivity contribution < 1.29 is 9.13 Å². The number of aromatic nitrogens is 1. The van der Waals surface area contributed by atoms with Crippen LogP contribution in [0, 0.1) is 12.7 Å². The first kappa shape index (κ1) is 16.1. The van der Waals surface area contributed by atoms with E-state index in [1.54, 1.807) is 12.1 Å². The Morgan fingerprint density at radius 3 is 2.56 bits per heavy atom. The fraction of sp³-hybridized carbons (Fsp3) is 0.238. The summed E-state index contributed by atoms with van der Waals surface area (Å²) in [5.41, 5.74) is 4.62. The standard InChI is InChI=1S/C21H21FN2O/c1-16-2-4-17(5-3-16)14-24-12-13-25-21(24)18-10-11-23(15-18)20-8-6-19(22)7-9-20/h2-11,15,21H,12-14H2,1H3. The van der Waals surface area contributed by atoms with Crippen LogP contribution in [-0.2, 0) is 11.3 Å². The van der Waals surface area contributed by atoms with Crippen molar-refractivity contribution in [1.82, 2.24) is 9.47 Å². The van der Waals surface area contributed by atoms with Crippen LogP contribution in [0.5, 0.6) is 0 Å². The number of ether oxygens (including phenoxy) is 1. The monoisotopic (exact) mass is 336 g/mol. The summed E-state index contributed by atoms with van der Waals surface area (Å²) in [6.45, 7) is 4.62. The lowest BCUT2D eigenvalue weighted by atomic mass is 10.1. The molecule has 0 bridgehead atoms. The van der Waals surface area contributed by atoms with Crippen molar-refractivity contribution in [3.8, 4) is 5.69 Å². The van der Waals surface area contributed by atoms with E-state index in [9.17, 15) is 4.39 Å². The van der Waals surface area contributed by atoms with E-state index < -0.39 is 0 Å². The van der Waals surface area contributed by atoms with Crippen LogP contribution < -0.4 is 0 Å². The third kappa shape index (κ3) is 3.50. The Bertz CT molecular complexity index is 839. The Hall–Kier alpha value is -2.43. The van der Waals surface area contributed by atoms with Crippen LogP contribution in [0.4, 0.5) is 4.39 Å². The van der Waals surface area contributed by atoms with Gasteiger partial charge < -0.3 is 9.30 Å². The van der Waals surface area contributed by atoms with Gasteiger partial charge in [-0.3, -0.25) is 4.90 Å². The minimum Gasteiger partial charge on any atom is -0.357 e. The molecule has 3 nitrogen and oxygen atoms in total. The highest BCUT2D eigenvalue weighted by molar-refractivity contribution is 5.34. The molecule has 1 aliphatic heterocycles. The molecule has 0 spiro atoms. The lowest BCUT2D eigenvalue weighted by Gasteiger charge is -2.22. The zero-order valence-electron chi connectivity index (χ0n) is 14.2. The molecular weight excluding hydrogens is 315 g/mol. The van der Waals surface area contributed by atoms with Gasteiger partial charge in [-0.2, -0.15) is 0 Å². The summed E-state index contributed by atoms with van der Waals surface area (Å²) in [4.78, 5) is 2.34. The van der Waals surface area contributed by atoms with Crippen molar-refractivity contribution in [2.24, 2.45) is 0 Å². The van der Waals surface area contributed by atoms with E-state index in [0.717, 1.165) is 30.9 Å². The minimum absolute atomic E-state index is 0.0389. The van der Waals surface area contributed by atoms with Gasteiger partial charge >= 0.3 is 0 Å². The van der Waals surface area contributed by atoms with Gasteiger partial charge in [-0.1, -0.05) is 29.8 Å². The first-order chi connectivity index (χ1) is 12.2. The van der Waals surface area contributed by atoms with Crippen molar-refractivity contribution in [3.63, 3.8) is 0 Å². The maximum atomic E-state index is 13.1. The van der Waals surface area contributed by atoms with Gasteiger partial charge in [0, 0.05) is 36.7 Å². The van der Waals surface area contributed by atoms with Gasteiger partial charge in [-0.25, -0.2) is 4.39 Å². The van der Waals surface area contributed by atoms with Crippen LogP contribution in [0.1, 0.15) is 22.9 Å². The molecule has 1 unspecified atom stereocenters. The molecule has 0 saturated carbocycles. The van der Waals surface area contributed by atoms with E-state index in [-0.39, 0.29) is 12.0 Å². The van der Waals surface area contributed by atoms with Crippen LogP contribution in [0.25, 0.3) is 5.69 Å². The van der Waals surface area contributed by atoms with Gasteiger partial charge in [-0.15, -0.1) is 0 Å². The molecule has 128 valence electrons. The summed E-state index contributed by atoms with van der Waals surface area (Å²) in [5, 5.41) is 0. The third-order valence-corrected chi connectivity index (χ3v) is 4.62. The molecule has 4 rings (SSSR count). The number of benzene rings is 2. The van der Waals surface area contributed by atoms with E-state index >= 15 is 0 Å². The fourth-order valence-electron chi connectivity index (χ4n) is 3.23. The Morgan fingerprint density at radius 2 is 1.80 bits per heavy atom. The molecule has 0 N–H and O–H groups in total. The van der Waals surface area contributed by atoms with E-state index in [4.69, 9.17) is 4.74 Å². The first-order valence-corrected chi connectivity index (χ1v) is 8.54. The molecule has 3 aromatic rings. The average Bonchev–Trinajstić information content (AvgIpc) is 3.27. The molecule has 1 aliphatic rings. The number of aryl methyl sites for hydroxylation is 1. The number of halogens is 1. The van der Waals surface area contributed by atoms with Crippen molar-refractivity contribution in [1.29, 1.82) is 0 Å². The second-order valence-electron chi connectivity index (χ2n) is 6.51. The zero-order chi connectivity index (χ0) is 17.2. The second kappa shape index (κ2) is 6.82. The molecule has 1 saturated heterocycles. The van der Waals surface area contributed by atoms with Gasteiger partial charge in [0.2, 0.25) is 0 Å². The van der Waals surface area contributed by atoms with Crippen LogP contribution in [0.2, 0.25) is 0 Å². The van der Waals surface area contributed by atoms with Crippen LogP contribution >= 0.6 is 0 Å². The van der Waals surface area contributed by atoms with Gasteiger partial charge in [0.15, 0.2) is 0 Å². The first-order valence-electron chi connectivity index (χ1n) is 8.54. The number of hydrogen-bond acceptors (Lipinski definition) is 2. The van der Waals surface area contributed by atoms with Gasteiger partial charge in [0.1, 0.15) is 12.0 Å². The maximum Gasteiger partial charge on any atom is 0.138 e. The highest BCUT2D eigenvalue weighted by Crippen LogP contribution is 2.29. The number of hydrogen-bond donors (Lipinski definition) is 0. The van der Waals surface area contributed by atoms with Crippen molar-refractivity contribution >= 4 is 0 Å². The lowest BCUT2D eigenvalue weighted by Crippen LogP contribution is -2.23. The molecule has 4 heteroatoms. The molecule has 1 atom stereocenters. The number of nitrogens with zero attached hydrogens (tertiary/aromatic N) is 2. The summed E-state index contributed by atoms with van der Waals surface area (Å²) in [7, 11) is 0. The molecule has 2 aromatic carbocycles. The minimum atomic E-state index is -0.223. The molecular formula is C21H21FN2O. The van der Waals surface area contributed by atoms with Gasteiger partial charge in [0.05, 0.1) is 6.61 Å². The Labute approximate surface area is 147 Å². The normalized spacial score (nSPS) is 17.9. The predicted octanol–water partition coefficient (Wildman–Crippen LogP) is 4.46. The fourth-order valence-corrected chi connectivity index (χ4v) is 3.23. The maximum absolute atomic E-state index is 13.1. The quantitative estimate of drug-likeness (QED) is 0.700. The molecule has 0 radical (unpaired) electrons. The van der Waals surface area contributed by atoms with E-state index in [0.29, 0.717) is 0 Å². The average molecular weight is 336 g/mol. The second-order valence-corrected chi connectivity index (χ2v) is 6.51. The highest BCUT2D eigenvalue weighted by Gasteiger charge is 2.27. The summed E-state index contributed by atoms with van der Waals surface area (Å²) in [5.74, 6) is -0.223. The van der Waals surface area contributed by atoms with Crippen molar-refractivity contribution in [2.45, 2.75) is 19.7 Å². The smallest absolute Gasteiger partial charge is 0.138 e. The molecule has 0 aliphatic carbocycles. The Balaban J connectivity index is 1.52. The van der Waals surface area contributed by atoms with Crippen LogP contribution in [-0.4, -0.2) is 22.6 Å². The van der Waals surface area contributed by atoms with Crippen LogP contribution in [0.15, 0.2) is 67.0 Å². The molecule has 25 heavy (non-hydrogen) atoms. The van der Waals surface area contributed by atoms with Gasteiger partial charge in [-0.05, 0) is 42.8 Å². The predicted molar refractivity (Wildman–Crippen MR) is 96.0 cm³/mol. The van der Waals surface area contributed by atoms with E-state index in [2.05, 4.69) is 48.4 Å². The van der Waals surface area contributed by atoms with Crippen LogP contribution in [0.3, 0.4) is 0 Å². The molecule has 0 amide bonds. The largest absolute Gasteiger partial charge is 0.357 e. The number of rotatable bonds is 4. The van der Waals surface area contributed by atoms with Crippen molar-refractivity contribution in [2.75, 3.05) is 13.2 Å². The summed E-state index contributed by atoms with van der Waals surface area (Å²) < 4.78 is 21.1. The zero-order valence-corrected chi connectivity index (χ0v) is 14.2. The topological polar surface area (TPSA) is 17.4 Å². The van der Waals surface area contributed by atoms with E-state index in [1.807, 2.05) is 10.8 Å². The molecule has 1 aromatic heterocycles. The van der Waals surface area contributed by atoms with Gasteiger partial charge in [0.25, 0.3) is 0 Å². The summed E-state index contributed by atoms with van der Waals surface area (Å²) in [6.07, 6.45) is 4.02.